The number of hydrogen-bond donors (Lipinski definition) is 2. The van der Waals surface area contributed by atoms with E-state index in [1.807, 2.05) is 0 Å². The van der Waals surface area contributed by atoms with Crippen LogP contribution in [0.5, 0.6) is 5.75 Å². The van der Waals surface area contributed by atoms with Crippen LogP contribution in [0.25, 0.3) is 10.9 Å². The molecule has 2 atom stereocenters. The summed E-state index contributed by atoms with van der Waals surface area (Å²) in [5, 5.41) is 0.247. The maximum atomic E-state index is 14.9. The van der Waals surface area contributed by atoms with E-state index in [1.54, 1.807) is 24.3 Å². The molecule has 2 heterocycles. The SMILES string of the molecule is CNS(=O)(=O)CC1COC(COc2c(F)ccc3nc(C(N)=O)n(Cc4cccc(Cl)c4)c(=O)c23)CO1. The van der Waals surface area contributed by atoms with Gasteiger partial charge in [0, 0.05) is 5.02 Å². The normalized spacial score (nSPS) is 18.1. The van der Waals surface area contributed by atoms with Gasteiger partial charge in [-0.05, 0) is 36.9 Å². The number of amides is 1. The fourth-order valence-corrected chi connectivity index (χ4v) is 4.89. The summed E-state index contributed by atoms with van der Waals surface area (Å²) in [5.41, 5.74) is 5.37. The number of nitrogens with two attached hydrogens (primary N) is 1. The number of sulfonamides is 1. The molecule has 0 bridgehead atoms. The van der Waals surface area contributed by atoms with Crippen molar-refractivity contribution in [1.29, 1.82) is 0 Å². The Bertz CT molecular complexity index is 1490. The fraction of sp³-hybridized carbons (Fsp3) is 0.348. The third-order valence-corrected chi connectivity index (χ3v) is 7.31. The van der Waals surface area contributed by atoms with Gasteiger partial charge in [-0.3, -0.25) is 14.2 Å². The number of rotatable bonds is 9. The van der Waals surface area contributed by atoms with Crippen LogP contribution in [0, 0.1) is 5.82 Å². The molecule has 4 rings (SSSR count). The van der Waals surface area contributed by atoms with Crippen molar-refractivity contribution in [2.75, 3.05) is 32.6 Å². The Morgan fingerprint density at radius 1 is 1.27 bits per heavy atom. The number of carbonyl (C=O) groups is 1. The van der Waals surface area contributed by atoms with Crippen LogP contribution in [-0.4, -0.2) is 68.7 Å². The monoisotopic (exact) mass is 554 g/mol. The zero-order valence-electron chi connectivity index (χ0n) is 19.6. The minimum Gasteiger partial charge on any atom is -0.487 e. The number of fused-ring (bicyclic) bond motifs is 1. The van der Waals surface area contributed by atoms with Crippen LogP contribution in [0.1, 0.15) is 16.2 Å². The summed E-state index contributed by atoms with van der Waals surface area (Å²) in [6.45, 7) is -0.290. The largest absolute Gasteiger partial charge is 0.487 e. The van der Waals surface area contributed by atoms with Gasteiger partial charge in [0.1, 0.15) is 18.1 Å². The summed E-state index contributed by atoms with van der Waals surface area (Å²) in [6.07, 6.45) is -1.31. The molecule has 198 valence electrons. The lowest BCUT2D eigenvalue weighted by Gasteiger charge is -2.29. The lowest BCUT2D eigenvalue weighted by molar-refractivity contribution is -0.135. The van der Waals surface area contributed by atoms with Crippen molar-refractivity contribution in [1.82, 2.24) is 14.3 Å². The highest BCUT2D eigenvalue weighted by Gasteiger charge is 2.28. The number of carbonyl (C=O) groups excluding carboxylic acids is 1. The van der Waals surface area contributed by atoms with E-state index in [-0.39, 0.29) is 54.6 Å². The lowest BCUT2D eigenvalue weighted by atomic mass is 10.2. The van der Waals surface area contributed by atoms with E-state index < -0.39 is 39.5 Å². The van der Waals surface area contributed by atoms with Crippen molar-refractivity contribution in [3.8, 4) is 5.75 Å². The highest BCUT2D eigenvalue weighted by molar-refractivity contribution is 7.89. The molecule has 2 aromatic carbocycles. The second-order valence-corrected chi connectivity index (χ2v) is 10.7. The quantitative estimate of drug-likeness (QED) is 0.398. The molecule has 0 saturated carbocycles. The molecule has 1 aromatic heterocycles. The van der Waals surface area contributed by atoms with E-state index in [9.17, 15) is 22.4 Å². The number of nitrogens with one attached hydrogen (secondary N) is 1. The van der Waals surface area contributed by atoms with Crippen molar-refractivity contribution in [2.24, 2.45) is 5.73 Å². The van der Waals surface area contributed by atoms with E-state index in [1.165, 1.54) is 13.1 Å². The Hall–Kier alpha value is -3.10. The summed E-state index contributed by atoms with van der Waals surface area (Å²) >= 11 is 6.04. The smallest absolute Gasteiger partial charge is 0.284 e. The van der Waals surface area contributed by atoms with Crippen molar-refractivity contribution < 1.29 is 31.8 Å². The summed E-state index contributed by atoms with van der Waals surface area (Å²) in [4.78, 5) is 29.8. The van der Waals surface area contributed by atoms with Gasteiger partial charge >= 0.3 is 0 Å². The van der Waals surface area contributed by atoms with Gasteiger partial charge in [-0.2, -0.15) is 0 Å². The third kappa shape index (κ3) is 6.25. The summed E-state index contributed by atoms with van der Waals surface area (Å²) in [5.74, 6) is -2.69. The number of aromatic nitrogens is 2. The average Bonchev–Trinajstić information content (AvgIpc) is 2.85. The Morgan fingerprint density at radius 2 is 2.00 bits per heavy atom. The zero-order chi connectivity index (χ0) is 26.7. The molecule has 1 fully saturated rings. The molecule has 1 amide bonds. The molecule has 3 N–H and O–H groups in total. The maximum absolute atomic E-state index is 14.9. The second-order valence-electron chi connectivity index (χ2n) is 8.30. The van der Waals surface area contributed by atoms with E-state index >= 15 is 0 Å². The first kappa shape index (κ1) is 26.9. The predicted molar refractivity (Wildman–Crippen MR) is 133 cm³/mol. The van der Waals surface area contributed by atoms with Gasteiger partial charge in [0.05, 0.1) is 37.1 Å². The van der Waals surface area contributed by atoms with Gasteiger partial charge in [-0.1, -0.05) is 23.7 Å². The molecular formula is C23H24ClFN4O7S. The lowest BCUT2D eigenvalue weighted by Crippen LogP contribution is -2.43. The molecule has 1 saturated heterocycles. The number of primary amides is 1. The van der Waals surface area contributed by atoms with Crippen LogP contribution in [0.4, 0.5) is 4.39 Å². The van der Waals surface area contributed by atoms with Crippen LogP contribution in [-0.2, 0) is 26.0 Å². The number of ether oxygens (including phenoxy) is 3. The average molecular weight is 555 g/mol. The molecule has 14 heteroatoms. The molecule has 37 heavy (non-hydrogen) atoms. The maximum Gasteiger partial charge on any atom is 0.284 e. The fourth-order valence-electron chi connectivity index (χ4n) is 3.83. The molecular weight excluding hydrogens is 531 g/mol. The van der Waals surface area contributed by atoms with Gasteiger partial charge in [-0.25, -0.2) is 22.5 Å². The molecule has 0 radical (unpaired) electrons. The molecule has 2 unspecified atom stereocenters. The minimum atomic E-state index is -3.49. The summed E-state index contributed by atoms with van der Waals surface area (Å²) in [7, 11) is -2.18. The third-order valence-electron chi connectivity index (χ3n) is 5.64. The molecule has 1 aliphatic rings. The number of halogens is 2. The minimum absolute atomic E-state index is 0.000637. The zero-order valence-corrected chi connectivity index (χ0v) is 21.2. The predicted octanol–water partition coefficient (Wildman–Crippen LogP) is 1.05. The number of hydrogen-bond acceptors (Lipinski definition) is 8. The van der Waals surface area contributed by atoms with Crippen LogP contribution < -0.4 is 20.8 Å². The van der Waals surface area contributed by atoms with Crippen molar-refractivity contribution in [2.45, 2.75) is 18.8 Å². The Balaban J connectivity index is 1.61. The van der Waals surface area contributed by atoms with E-state index in [4.69, 9.17) is 31.5 Å². The van der Waals surface area contributed by atoms with Crippen LogP contribution >= 0.6 is 11.6 Å². The highest BCUT2D eigenvalue weighted by Crippen LogP contribution is 2.27. The van der Waals surface area contributed by atoms with Crippen LogP contribution in [0.2, 0.25) is 5.02 Å². The molecule has 3 aromatic rings. The second kappa shape index (κ2) is 11.1. The van der Waals surface area contributed by atoms with Gasteiger partial charge in [0.2, 0.25) is 15.8 Å². The summed E-state index contributed by atoms with van der Waals surface area (Å²) in [6, 6.07) is 8.96. The summed E-state index contributed by atoms with van der Waals surface area (Å²) < 4.78 is 58.3. The number of benzene rings is 2. The Morgan fingerprint density at radius 3 is 2.65 bits per heavy atom. The van der Waals surface area contributed by atoms with Gasteiger partial charge in [-0.15, -0.1) is 0 Å². The van der Waals surface area contributed by atoms with Crippen LogP contribution in [0.3, 0.4) is 0 Å². The Labute approximate surface area is 216 Å². The standard InChI is InChI=1S/C23H24ClFN4O7S/c1-27-37(32,33)12-16-11-34-15(9-35-16)10-36-20-17(25)5-6-18-19(20)23(31)29(22(28-18)21(26)30)8-13-3-2-4-14(24)7-13/h2-7,15-16,27H,8-12H2,1H3,(H2,26,30). The van der Waals surface area contributed by atoms with E-state index in [0.29, 0.717) is 10.6 Å². The topological polar surface area (TPSA) is 152 Å². The van der Waals surface area contributed by atoms with Crippen molar-refractivity contribution in [3.05, 3.63) is 69.0 Å². The van der Waals surface area contributed by atoms with Gasteiger partial charge in [0.15, 0.2) is 11.6 Å². The van der Waals surface area contributed by atoms with Gasteiger partial charge < -0.3 is 19.9 Å². The first-order valence-corrected chi connectivity index (χ1v) is 13.2. The van der Waals surface area contributed by atoms with E-state index in [2.05, 4.69) is 9.71 Å². The first-order valence-electron chi connectivity index (χ1n) is 11.1. The molecule has 1 aliphatic heterocycles. The molecule has 11 nitrogen and oxygen atoms in total. The highest BCUT2D eigenvalue weighted by atomic mass is 35.5. The van der Waals surface area contributed by atoms with E-state index in [0.717, 1.165) is 10.6 Å². The van der Waals surface area contributed by atoms with Crippen molar-refractivity contribution in [3.63, 3.8) is 0 Å². The number of nitrogens with zero attached hydrogens (tertiary/aromatic N) is 2. The first-order chi connectivity index (χ1) is 17.6. The Kier molecular flexibility index (Phi) is 8.09. The van der Waals surface area contributed by atoms with Crippen molar-refractivity contribution >= 4 is 38.4 Å². The van der Waals surface area contributed by atoms with Gasteiger partial charge in [0.25, 0.3) is 11.5 Å². The molecule has 0 spiro atoms. The molecule has 0 aliphatic carbocycles. The van der Waals surface area contributed by atoms with Crippen LogP contribution in [0.15, 0.2) is 41.2 Å².